The third kappa shape index (κ3) is 2.96. The smallest absolute Gasteiger partial charge is 0.232 e. The number of rotatable bonds is 3. The first kappa shape index (κ1) is 14.9. The van der Waals surface area contributed by atoms with Crippen LogP contribution in [0, 0.1) is 0 Å². The predicted molar refractivity (Wildman–Crippen MR) is 80.1 cm³/mol. The molecule has 1 heterocycles. The number of nitrogens with one attached hydrogen (secondary N) is 1. The van der Waals surface area contributed by atoms with Crippen molar-refractivity contribution in [1.82, 2.24) is 10.2 Å². The van der Waals surface area contributed by atoms with Crippen LogP contribution in [0.3, 0.4) is 0 Å². The largest absolute Gasteiger partial charge is 0.497 e. The maximum atomic E-state index is 12.8. The van der Waals surface area contributed by atoms with E-state index in [9.17, 15) is 4.79 Å². The zero-order valence-corrected chi connectivity index (χ0v) is 12.8. The summed E-state index contributed by atoms with van der Waals surface area (Å²) >= 11 is 0. The Kier molecular flexibility index (Phi) is 4.33. The molecule has 1 atom stereocenters. The first-order valence-corrected chi connectivity index (χ1v) is 7.12. The van der Waals surface area contributed by atoms with Gasteiger partial charge < -0.3 is 15.0 Å². The number of benzene rings is 1. The second-order valence-electron chi connectivity index (χ2n) is 5.96. The van der Waals surface area contributed by atoms with Crippen LogP contribution in [-0.4, -0.2) is 43.6 Å². The molecule has 1 aromatic rings. The lowest BCUT2D eigenvalue weighted by molar-refractivity contribution is -0.137. The number of methoxy groups -OCH3 is 1. The van der Waals surface area contributed by atoms with Crippen molar-refractivity contribution in [3.8, 4) is 5.75 Å². The minimum Gasteiger partial charge on any atom is -0.497 e. The number of hydrogen-bond acceptors (Lipinski definition) is 3. The normalized spacial score (nSPS) is 19.8. The van der Waals surface area contributed by atoms with E-state index in [4.69, 9.17) is 4.74 Å². The molecule has 1 N–H and O–H groups in total. The fourth-order valence-corrected chi connectivity index (χ4v) is 2.64. The van der Waals surface area contributed by atoms with Crippen LogP contribution < -0.4 is 10.1 Å². The van der Waals surface area contributed by atoms with Crippen LogP contribution in [0.4, 0.5) is 0 Å². The Morgan fingerprint density at radius 1 is 1.35 bits per heavy atom. The highest BCUT2D eigenvalue weighted by Gasteiger charge is 2.35. The van der Waals surface area contributed by atoms with Crippen molar-refractivity contribution in [3.05, 3.63) is 29.8 Å². The van der Waals surface area contributed by atoms with E-state index in [2.05, 4.69) is 12.2 Å². The molecule has 1 amide bonds. The van der Waals surface area contributed by atoms with E-state index in [1.807, 2.05) is 43.0 Å². The first-order chi connectivity index (χ1) is 9.45. The van der Waals surface area contributed by atoms with Crippen molar-refractivity contribution in [1.29, 1.82) is 0 Å². The molecule has 0 bridgehead atoms. The molecule has 1 fully saturated rings. The molecular weight excluding hydrogens is 252 g/mol. The number of ether oxygens (including phenoxy) is 1. The van der Waals surface area contributed by atoms with Gasteiger partial charge in [-0.25, -0.2) is 0 Å². The molecule has 0 saturated carbocycles. The highest BCUT2D eigenvalue weighted by Crippen LogP contribution is 2.27. The van der Waals surface area contributed by atoms with Gasteiger partial charge >= 0.3 is 0 Å². The summed E-state index contributed by atoms with van der Waals surface area (Å²) in [4.78, 5) is 14.8. The van der Waals surface area contributed by atoms with Crippen molar-refractivity contribution >= 4 is 5.91 Å². The number of piperazine rings is 1. The highest BCUT2D eigenvalue weighted by atomic mass is 16.5. The lowest BCUT2D eigenvalue weighted by Gasteiger charge is -2.37. The van der Waals surface area contributed by atoms with Crippen LogP contribution in [0.15, 0.2) is 24.3 Å². The van der Waals surface area contributed by atoms with Gasteiger partial charge in [0.15, 0.2) is 0 Å². The lowest BCUT2D eigenvalue weighted by Crippen LogP contribution is -2.55. The molecule has 1 saturated heterocycles. The van der Waals surface area contributed by atoms with Crippen molar-refractivity contribution in [2.75, 3.05) is 26.7 Å². The van der Waals surface area contributed by atoms with Crippen molar-refractivity contribution < 1.29 is 9.53 Å². The fourth-order valence-electron chi connectivity index (χ4n) is 2.64. The summed E-state index contributed by atoms with van der Waals surface area (Å²) in [6.45, 7) is 8.51. The van der Waals surface area contributed by atoms with Crippen molar-refractivity contribution in [2.24, 2.45) is 0 Å². The fraction of sp³-hybridized carbons (Fsp3) is 0.562. The van der Waals surface area contributed by atoms with Gasteiger partial charge in [0.05, 0.1) is 12.5 Å². The molecule has 1 aromatic carbocycles. The quantitative estimate of drug-likeness (QED) is 0.915. The molecule has 0 aromatic heterocycles. The van der Waals surface area contributed by atoms with Crippen LogP contribution in [0.5, 0.6) is 5.75 Å². The van der Waals surface area contributed by atoms with Crippen LogP contribution in [-0.2, 0) is 10.2 Å². The van der Waals surface area contributed by atoms with Gasteiger partial charge in [-0.2, -0.15) is 0 Å². The van der Waals surface area contributed by atoms with Gasteiger partial charge in [-0.3, -0.25) is 4.79 Å². The molecule has 0 aliphatic carbocycles. The van der Waals surface area contributed by atoms with Crippen LogP contribution >= 0.6 is 0 Å². The monoisotopic (exact) mass is 276 g/mol. The Hall–Kier alpha value is -1.55. The Morgan fingerprint density at radius 2 is 2.00 bits per heavy atom. The van der Waals surface area contributed by atoms with E-state index in [0.717, 1.165) is 30.9 Å². The number of carbonyl (C=O) groups is 1. The van der Waals surface area contributed by atoms with E-state index >= 15 is 0 Å². The maximum Gasteiger partial charge on any atom is 0.232 e. The minimum absolute atomic E-state index is 0.191. The SMILES string of the molecule is COc1ccc(C(C)(C)C(=O)N2CCNC(C)C2)cc1. The van der Waals surface area contributed by atoms with Crippen LogP contribution in [0.2, 0.25) is 0 Å². The maximum absolute atomic E-state index is 12.8. The van der Waals surface area contributed by atoms with Gasteiger partial charge in [0.2, 0.25) is 5.91 Å². The molecule has 1 aliphatic heterocycles. The topological polar surface area (TPSA) is 41.6 Å². The number of amides is 1. The third-order valence-corrected chi connectivity index (χ3v) is 4.00. The molecular formula is C16H24N2O2. The summed E-state index contributed by atoms with van der Waals surface area (Å²) in [5.41, 5.74) is 0.512. The van der Waals surface area contributed by atoms with Gasteiger partial charge in [0.25, 0.3) is 0 Å². The van der Waals surface area contributed by atoms with Crippen LogP contribution in [0.25, 0.3) is 0 Å². The zero-order chi connectivity index (χ0) is 14.8. The standard InChI is InChI=1S/C16H24N2O2/c1-12-11-18(10-9-17-12)15(19)16(2,3)13-5-7-14(20-4)8-6-13/h5-8,12,17H,9-11H2,1-4H3. The summed E-state index contributed by atoms with van der Waals surface area (Å²) < 4.78 is 5.17. The van der Waals surface area contributed by atoms with E-state index in [-0.39, 0.29) is 5.91 Å². The molecule has 0 radical (unpaired) electrons. The molecule has 1 aliphatic rings. The van der Waals surface area contributed by atoms with Crippen molar-refractivity contribution in [3.63, 3.8) is 0 Å². The Morgan fingerprint density at radius 3 is 2.55 bits per heavy atom. The molecule has 0 spiro atoms. The summed E-state index contributed by atoms with van der Waals surface area (Å²) in [6, 6.07) is 8.12. The molecule has 4 nitrogen and oxygen atoms in total. The van der Waals surface area contributed by atoms with E-state index in [1.165, 1.54) is 0 Å². The minimum atomic E-state index is -0.511. The van der Waals surface area contributed by atoms with Gasteiger partial charge in [-0.1, -0.05) is 12.1 Å². The number of carbonyl (C=O) groups excluding carboxylic acids is 1. The van der Waals surface area contributed by atoms with Crippen molar-refractivity contribution in [2.45, 2.75) is 32.2 Å². The first-order valence-electron chi connectivity index (χ1n) is 7.12. The van der Waals surface area contributed by atoms with Gasteiger partial charge in [0.1, 0.15) is 5.75 Å². The van der Waals surface area contributed by atoms with Gasteiger partial charge in [-0.05, 0) is 38.5 Å². The Bertz CT molecular complexity index is 468. The van der Waals surface area contributed by atoms with E-state index in [0.29, 0.717) is 6.04 Å². The predicted octanol–water partition coefficient (Wildman–Crippen LogP) is 1.79. The Labute approximate surface area is 121 Å². The molecule has 4 heteroatoms. The zero-order valence-electron chi connectivity index (χ0n) is 12.8. The third-order valence-electron chi connectivity index (χ3n) is 4.00. The van der Waals surface area contributed by atoms with E-state index in [1.54, 1.807) is 7.11 Å². The second kappa shape index (κ2) is 5.83. The summed E-state index contributed by atoms with van der Waals surface area (Å²) in [6.07, 6.45) is 0. The highest BCUT2D eigenvalue weighted by molar-refractivity contribution is 5.87. The average Bonchev–Trinajstić information content (AvgIpc) is 2.46. The molecule has 2 rings (SSSR count). The molecule has 1 unspecified atom stereocenters. The van der Waals surface area contributed by atoms with Gasteiger partial charge in [-0.15, -0.1) is 0 Å². The van der Waals surface area contributed by atoms with Crippen LogP contribution in [0.1, 0.15) is 26.3 Å². The lowest BCUT2D eigenvalue weighted by atomic mass is 9.83. The van der Waals surface area contributed by atoms with Gasteiger partial charge in [0, 0.05) is 25.7 Å². The molecule has 110 valence electrons. The number of hydrogen-bond donors (Lipinski definition) is 1. The average molecular weight is 276 g/mol. The van der Waals surface area contributed by atoms with E-state index < -0.39 is 5.41 Å². The molecule has 20 heavy (non-hydrogen) atoms. The Balaban J connectivity index is 2.17. The second-order valence-corrected chi connectivity index (χ2v) is 5.96. The number of nitrogens with zero attached hydrogens (tertiary/aromatic N) is 1. The summed E-state index contributed by atoms with van der Waals surface area (Å²) in [5.74, 6) is 1.00. The summed E-state index contributed by atoms with van der Waals surface area (Å²) in [7, 11) is 1.65. The summed E-state index contributed by atoms with van der Waals surface area (Å²) in [5, 5.41) is 3.36.